The van der Waals surface area contributed by atoms with Crippen LogP contribution in [0.5, 0.6) is 0 Å². The Kier molecular flexibility index (Phi) is 2.84. The van der Waals surface area contributed by atoms with E-state index in [1.165, 1.54) is 6.42 Å². The standard InChI is InChI=1S/C12H21N3O2/c16-11(17)12(14-6-2-7-14,15-8-3-9-15)10-13-4-1-5-13/h1-10H2,(H,16,17). The average molecular weight is 239 g/mol. The molecule has 0 bridgehead atoms. The first kappa shape index (κ1) is 11.4. The highest BCUT2D eigenvalue weighted by Crippen LogP contribution is 2.32. The van der Waals surface area contributed by atoms with E-state index in [1.54, 1.807) is 0 Å². The summed E-state index contributed by atoms with van der Waals surface area (Å²) in [6.07, 6.45) is 3.50. The van der Waals surface area contributed by atoms with Crippen LogP contribution < -0.4 is 0 Å². The Hall–Kier alpha value is -0.650. The minimum Gasteiger partial charge on any atom is -0.479 e. The summed E-state index contributed by atoms with van der Waals surface area (Å²) in [5.74, 6) is -0.649. The summed E-state index contributed by atoms with van der Waals surface area (Å²) in [6, 6.07) is 0. The van der Waals surface area contributed by atoms with E-state index >= 15 is 0 Å². The highest BCUT2D eigenvalue weighted by Gasteiger charge is 2.53. The Morgan fingerprint density at radius 3 is 1.65 bits per heavy atom. The minimum absolute atomic E-state index is 0.649. The van der Waals surface area contributed by atoms with E-state index in [2.05, 4.69) is 14.7 Å². The Labute approximate surface area is 102 Å². The van der Waals surface area contributed by atoms with E-state index in [1.807, 2.05) is 0 Å². The first-order chi connectivity index (χ1) is 8.23. The normalized spacial score (nSPS) is 27.1. The van der Waals surface area contributed by atoms with Crippen molar-refractivity contribution in [3.8, 4) is 0 Å². The van der Waals surface area contributed by atoms with Crippen LogP contribution in [0.4, 0.5) is 0 Å². The molecule has 0 amide bonds. The molecule has 0 saturated carbocycles. The maximum atomic E-state index is 11.9. The van der Waals surface area contributed by atoms with Crippen molar-refractivity contribution in [1.29, 1.82) is 0 Å². The summed E-state index contributed by atoms with van der Waals surface area (Å²) in [7, 11) is 0. The van der Waals surface area contributed by atoms with E-state index in [0.29, 0.717) is 6.54 Å². The van der Waals surface area contributed by atoms with Gasteiger partial charge in [0.15, 0.2) is 5.66 Å². The number of hydrogen-bond acceptors (Lipinski definition) is 4. The van der Waals surface area contributed by atoms with Gasteiger partial charge < -0.3 is 5.11 Å². The summed E-state index contributed by atoms with van der Waals surface area (Å²) in [6.45, 7) is 6.58. The second-order valence-electron chi connectivity index (χ2n) is 5.43. The summed E-state index contributed by atoms with van der Waals surface area (Å²) >= 11 is 0. The first-order valence-corrected chi connectivity index (χ1v) is 6.69. The Morgan fingerprint density at radius 1 is 0.941 bits per heavy atom. The third-order valence-electron chi connectivity index (χ3n) is 4.49. The van der Waals surface area contributed by atoms with Crippen molar-refractivity contribution in [3.63, 3.8) is 0 Å². The van der Waals surface area contributed by atoms with Gasteiger partial charge in [-0.05, 0) is 32.4 Å². The van der Waals surface area contributed by atoms with E-state index in [4.69, 9.17) is 0 Å². The first-order valence-electron chi connectivity index (χ1n) is 6.69. The maximum Gasteiger partial charge on any atom is 0.340 e. The molecule has 0 aromatic carbocycles. The average Bonchev–Trinajstić information content (AvgIpc) is 2.04. The molecule has 3 aliphatic heterocycles. The van der Waals surface area contributed by atoms with Crippen LogP contribution in [-0.4, -0.2) is 77.3 Å². The number of carboxylic acid groups (broad SMARTS) is 1. The summed E-state index contributed by atoms with van der Waals surface area (Å²) in [5.41, 5.74) is -0.725. The van der Waals surface area contributed by atoms with Crippen molar-refractivity contribution in [3.05, 3.63) is 0 Å². The van der Waals surface area contributed by atoms with Gasteiger partial charge in [0, 0.05) is 32.7 Å². The number of hydrogen-bond donors (Lipinski definition) is 1. The molecule has 1 N–H and O–H groups in total. The molecule has 0 radical (unpaired) electrons. The topological polar surface area (TPSA) is 47.0 Å². The second-order valence-corrected chi connectivity index (χ2v) is 5.43. The van der Waals surface area contributed by atoms with E-state index in [-0.39, 0.29) is 0 Å². The number of likely N-dealkylation sites (tertiary alicyclic amines) is 3. The van der Waals surface area contributed by atoms with Crippen LogP contribution in [0, 0.1) is 0 Å². The fourth-order valence-corrected chi connectivity index (χ4v) is 2.96. The largest absolute Gasteiger partial charge is 0.479 e. The Bertz CT molecular complexity index is 295. The van der Waals surface area contributed by atoms with Crippen LogP contribution in [0.3, 0.4) is 0 Å². The van der Waals surface area contributed by atoms with Gasteiger partial charge in [-0.15, -0.1) is 0 Å². The summed E-state index contributed by atoms with van der Waals surface area (Å²) < 4.78 is 0. The number of aliphatic carboxylic acids is 1. The molecule has 3 saturated heterocycles. The molecule has 96 valence electrons. The van der Waals surface area contributed by atoms with Gasteiger partial charge in [-0.2, -0.15) is 0 Å². The third-order valence-corrected chi connectivity index (χ3v) is 4.49. The molecule has 0 spiro atoms. The smallest absolute Gasteiger partial charge is 0.340 e. The molecule has 0 unspecified atom stereocenters. The lowest BCUT2D eigenvalue weighted by Crippen LogP contribution is -2.75. The fraction of sp³-hybridized carbons (Fsp3) is 0.917. The molecule has 3 aliphatic rings. The van der Waals surface area contributed by atoms with Gasteiger partial charge >= 0.3 is 5.97 Å². The quantitative estimate of drug-likeness (QED) is 0.725. The van der Waals surface area contributed by atoms with Crippen LogP contribution >= 0.6 is 0 Å². The molecule has 3 rings (SSSR count). The molecule has 0 aliphatic carbocycles. The third kappa shape index (κ3) is 1.68. The van der Waals surface area contributed by atoms with Crippen LogP contribution in [0.1, 0.15) is 19.3 Å². The number of nitrogens with zero attached hydrogens (tertiary/aromatic N) is 3. The van der Waals surface area contributed by atoms with Gasteiger partial charge in [0.25, 0.3) is 0 Å². The lowest BCUT2D eigenvalue weighted by molar-refractivity contribution is -0.188. The fourth-order valence-electron chi connectivity index (χ4n) is 2.96. The maximum absolute atomic E-state index is 11.9. The molecule has 5 nitrogen and oxygen atoms in total. The number of rotatable bonds is 5. The lowest BCUT2D eigenvalue weighted by Gasteiger charge is -2.56. The van der Waals surface area contributed by atoms with Crippen molar-refractivity contribution in [2.75, 3.05) is 45.8 Å². The molecule has 0 atom stereocenters. The molecule has 17 heavy (non-hydrogen) atoms. The molecule has 5 heteroatoms. The van der Waals surface area contributed by atoms with Crippen LogP contribution in [-0.2, 0) is 4.79 Å². The van der Waals surface area contributed by atoms with Crippen LogP contribution in [0.2, 0.25) is 0 Å². The molecule has 0 aromatic rings. The van der Waals surface area contributed by atoms with Gasteiger partial charge in [0.05, 0.1) is 0 Å². The van der Waals surface area contributed by atoms with Gasteiger partial charge in [-0.1, -0.05) is 0 Å². The molecule has 3 heterocycles. The second kappa shape index (κ2) is 4.23. The molecule has 0 aromatic heterocycles. The van der Waals surface area contributed by atoms with Gasteiger partial charge in [0.1, 0.15) is 0 Å². The number of carbonyl (C=O) groups is 1. The van der Waals surface area contributed by atoms with Crippen molar-refractivity contribution >= 4 is 5.97 Å². The SMILES string of the molecule is O=C(O)C(CN1CCC1)(N1CCC1)N1CCC1. The monoisotopic (exact) mass is 239 g/mol. The van der Waals surface area contributed by atoms with Gasteiger partial charge in [-0.3, -0.25) is 14.7 Å². The molecular weight excluding hydrogens is 218 g/mol. The van der Waals surface area contributed by atoms with E-state index in [9.17, 15) is 9.90 Å². The van der Waals surface area contributed by atoms with Crippen LogP contribution in [0.15, 0.2) is 0 Å². The highest BCUT2D eigenvalue weighted by atomic mass is 16.4. The Morgan fingerprint density at radius 2 is 1.41 bits per heavy atom. The zero-order chi connectivity index (χ0) is 11.9. The van der Waals surface area contributed by atoms with Crippen molar-refractivity contribution in [2.24, 2.45) is 0 Å². The lowest BCUT2D eigenvalue weighted by atomic mass is 9.95. The van der Waals surface area contributed by atoms with E-state index in [0.717, 1.165) is 52.1 Å². The zero-order valence-corrected chi connectivity index (χ0v) is 10.3. The van der Waals surface area contributed by atoms with Gasteiger partial charge in [-0.25, -0.2) is 4.79 Å². The summed E-state index contributed by atoms with van der Waals surface area (Å²) in [5, 5.41) is 9.75. The van der Waals surface area contributed by atoms with Crippen molar-refractivity contribution in [2.45, 2.75) is 24.9 Å². The Balaban J connectivity index is 1.81. The zero-order valence-electron chi connectivity index (χ0n) is 10.3. The van der Waals surface area contributed by atoms with Crippen molar-refractivity contribution in [1.82, 2.24) is 14.7 Å². The van der Waals surface area contributed by atoms with Crippen molar-refractivity contribution < 1.29 is 9.90 Å². The number of carboxylic acids is 1. The van der Waals surface area contributed by atoms with Crippen LogP contribution in [0.25, 0.3) is 0 Å². The predicted octanol–water partition coefficient (Wildman–Crippen LogP) is -0.116. The molecule has 3 fully saturated rings. The summed E-state index contributed by atoms with van der Waals surface area (Å²) in [4.78, 5) is 18.5. The minimum atomic E-state index is -0.725. The van der Waals surface area contributed by atoms with E-state index < -0.39 is 11.6 Å². The predicted molar refractivity (Wildman–Crippen MR) is 63.8 cm³/mol. The molecular formula is C12H21N3O2. The van der Waals surface area contributed by atoms with Gasteiger partial charge in [0.2, 0.25) is 0 Å². The highest BCUT2D eigenvalue weighted by molar-refractivity contribution is 5.79.